The predicted molar refractivity (Wildman–Crippen MR) is 129 cm³/mol. The Labute approximate surface area is 205 Å². The monoisotopic (exact) mass is 497 g/mol. The summed E-state index contributed by atoms with van der Waals surface area (Å²) in [5, 5.41) is 11.6. The number of amides is 1. The van der Waals surface area contributed by atoms with Gasteiger partial charge in [-0.3, -0.25) is 14.5 Å². The van der Waals surface area contributed by atoms with Crippen LogP contribution in [0.4, 0.5) is 10.1 Å². The minimum Gasteiger partial charge on any atom is -0.507 e. The number of halogens is 2. The fraction of sp³-hybridized carbons (Fsp3) is 0.154. The Morgan fingerprint density at radius 3 is 2.31 bits per heavy atom. The molecule has 1 unspecified atom stereocenters. The summed E-state index contributed by atoms with van der Waals surface area (Å²) < 4.78 is 30.9. The topological polar surface area (TPSA) is 85.3 Å². The number of methoxy groups -OCH3 is 3. The largest absolute Gasteiger partial charge is 0.507 e. The minimum atomic E-state index is -1.27. The van der Waals surface area contributed by atoms with E-state index in [0.29, 0.717) is 11.4 Å². The molecule has 0 aliphatic carbocycles. The number of anilines is 1. The van der Waals surface area contributed by atoms with Crippen molar-refractivity contribution in [3.63, 3.8) is 0 Å². The number of carbonyl (C=O) groups is 2. The second-order valence-electron chi connectivity index (χ2n) is 7.58. The van der Waals surface area contributed by atoms with Gasteiger partial charge in [-0.25, -0.2) is 4.39 Å². The van der Waals surface area contributed by atoms with E-state index in [1.54, 1.807) is 30.3 Å². The van der Waals surface area contributed by atoms with E-state index in [1.807, 2.05) is 0 Å². The van der Waals surface area contributed by atoms with Gasteiger partial charge >= 0.3 is 0 Å². The van der Waals surface area contributed by atoms with Gasteiger partial charge in [-0.15, -0.1) is 0 Å². The third-order valence-corrected chi connectivity index (χ3v) is 6.00. The summed E-state index contributed by atoms with van der Waals surface area (Å²) in [5.41, 5.74) is 0.0553. The van der Waals surface area contributed by atoms with Crippen LogP contribution in [0.5, 0.6) is 17.2 Å². The van der Waals surface area contributed by atoms with Crippen molar-refractivity contribution < 1.29 is 33.3 Å². The zero-order chi connectivity index (χ0) is 25.3. The Balaban J connectivity index is 2.02. The average molecular weight is 498 g/mol. The third kappa shape index (κ3) is 4.17. The first-order chi connectivity index (χ1) is 16.8. The lowest BCUT2D eigenvalue weighted by Gasteiger charge is -2.26. The molecule has 7 nitrogen and oxygen atoms in total. The van der Waals surface area contributed by atoms with Crippen molar-refractivity contribution >= 4 is 34.7 Å². The summed E-state index contributed by atoms with van der Waals surface area (Å²) in [6.07, 6.45) is 0. The molecule has 1 aliphatic heterocycles. The van der Waals surface area contributed by atoms with Gasteiger partial charge in [-0.05, 0) is 24.3 Å². The molecule has 1 saturated heterocycles. The molecule has 1 heterocycles. The van der Waals surface area contributed by atoms with Crippen molar-refractivity contribution in [2.75, 3.05) is 26.2 Å². The van der Waals surface area contributed by atoms with E-state index in [-0.39, 0.29) is 33.2 Å². The van der Waals surface area contributed by atoms with Gasteiger partial charge in [0.1, 0.15) is 28.8 Å². The van der Waals surface area contributed by atoms with Gasteiger partial charge in [-0.1, -0.05) is 35.9 Å². The molecule has 180 valence electrons. The molecule has 1 atom stereocenters. The highest BCUT2D eigenvalue weighted by atomic mass is 35.5. The fourth-order valence-electron chi connectivity index (χ4n) is 4.04. The van der Waals surface area contributed by atoms with Crippen LogP contribution in [0, 0.1) is 5.82 Å². The number of ether oxygens (including phenoxy) is 3. The predicted octanol–water partition coefficient (Wildman–Crippen LogP) is 5.13. The number of carbonyl (C=O) groups excluding carboxylic acids is 2. The molecule has 4 rings (SSSR count). The summed E-state index contributed by atoms with van der Waals surface area (Å²) in [5.74, 6) is -2.37. The van der Waals surface area contributed by atoms with Crippen LogP contribution < -0.4 is 19.1 Å². The number of rotatable bonds is 6. The second-order valence-corrected chi connectivity index (χ2v) is 7.99. The molecule has 1 fully saturated rings. The molecular formula is C26H21ClFNO6. The molecule has 0 saturated carbocycles. The first-order valence-corrected chi connectivity index (χ1v) is 10.8. The normalized spacial score (nSPS) is 16.9. The van der Waals surface area contributed by atoms with Crippen LogP contribution >= 0.6 is 11.6 Å². The maximum absolute atomic E-state index is 15.0. The number of benzene rings is 3. The molecular weight excluding hydrogens is 477 g/mol. The molecule has 0 spiro atoms. The van der Waals surface area contributed by atoms with E-state index in [2.05, 4.69) is 0 Å². The Morgan fingerprint density at radius 2 is 1.66 bits per heavy atom. The highest BCUT2D eigenvalue weighted by Crippen LogP contribution is 2.45. The SMILES string of the molecule is COc1cccc(N2C(=O)C(=O)/C(=C(/O)c3cc(OC)c(Cl)cc3OC)C2c2ccccc2F)c1. The quantitative estimate of drug-likeness (QED) is 0.289. The molecule has 0 bridgehead atoms. The Kier molecular flexibility index (Phi) is 6.66. The third-order valence-electron chi connectivity index (χ3n) is 5.70. The number of hydrogen-bond donors (Lipinski definition) is 1. The summed E-state index contributed by atoms with van der Waals surface area (Å²) in [4.78, 5) is 27.7. The summed E-state index contributed by atoms with van der Waals surface area (Å²) in [7, 11) is 4.21. The van der Waals surface area contributed by atoms with Gasteiger partial charge < -0.3 is 19.3 Å². The maximum atomic E-state index is 15.0. The van der Waals surface area contributed by atoms with Gasteiger partial charge in [0.15, 0.2) is 0 Å². The van der Waals surface area contributed by atoms with Crippen LogP contribution in [0.2, 0.25) is 5.02 Å². The summed E-state index contributed by atoms with van der Waals surface area (Å²) in [6.45, 7) is 0. The molecule has 0 aromatic heterocycles. The first-order valence-electron chi connectivity index (χ1n) is 10.4. The van der Waals surface area contributed by atoms with Crippen LogP contribution in [0.3, 0.4) is 0 Å². The van der Waals surface area contributed by atoms with Crippen molar-refractivity contribution in [2.24, 2.45) is 0 Å². The van der Waals surface area contributed by atoms with Crippen LogP contribution in [0.1, 0.15) is 17.2 Å². The molecule has 3 aromatic carbocycles. The van der Waals surface area contributed by atoms with Crippen LogP contribution in [0.25, 0.3) is 5.76 Å². The number of aliphatic hydroxyl groups is 1. The fourth-order valence-corrected chi connectivity index (χ4v) is 4.27. The van der Waals surface area contributed by atoms with Gasteiger partial charge in [0.2, 0.25) is 0 Å². The summed E-state index contributed by atoms with van der Waals surface area (Å²) >= 11 is 6.18. The molecule has 3 aromatic rings. The van der Waals surface area contributed by atoms with E-state index < -0.39 is 29.3 Å². The van der Waals surface area contributed by atoms with Crippen molar-refractivity contribution in [2.45, 2.75) is 6.04 Å². The molecule has 1 amide bonds. The lowest BCUT2D eigenvalue weighted by atomic mass is 9.94. The number of nitrogens with zero attached hydrogens (tertiary/aromatic N) is 1. The van der Waals surface area contributed by atoms with Crippen LogP contribution in [0.15, 0.2) is 66.2 Å². The molecule has 9 heteroatoms. The molecule has 35 heavy (non-hydrogen) atoms. The first kappa shape index (κ1) is 24.1. The Morgan fingerprint density at radius 1 is 0.943 bits per heavy atom. The van der Waals surface area contributed by atoms with Crippen molar-refractivity contribution in [3.8, 4) is 17.2 Å². The number of aliphatic hydroxyl groups excluding tert-OH is 1. The number of ketones is 1. The van der Waals surface area contributed by atoms with E-state index >= 15 is 4.39 Å². The van der Waals surface area contributed by atoms with Crippen LogP contribution in [-0.4, -0.2) is 38.1 Å². The highest BCUT2D eigenvalue weighted by molar-refractivity contribution is 6.51. The van der Waals surface area contributed by atoms with Crippen molar-refractivity contribution in [3.05, 3.63) is 88.2 Å². The lowest BCUT2D eigenvalue weighted by Crippen LogP contribution is -2.29. The highest BCUT2D eigenvalue weighted by Gasteiger charge is 2.48. The second kappa shape index (κ2) is 9.68. The van der Waals surface area contributed by atoms with E-state index in [4.69, 9.17) is 25.8 Å². The summed E-state index contributed by atoms with van der Waals surface area (Å²) in [6, 6.07) is 13.7. The molecule has 1 aliphatic rings. The zero-order valence-corrected chi connectivity index (χ0v) is 19.8. The van der Waals surface area contributed by atoms with Gasteiger partial charge in [0, 0.05) is 23.4 Å². The van der Waals surface area contributed by atoms with Crippen molar-refractivity contribution in [1.29, 1.82) is 0 Å². The smallest absolute Gasteiger partial charge is 0.300 e. The van der Waals surface area contributed by atoms with E-state index in [1.165, 1.54) is 51.7 Å². The van der Waals surface area contributed by atoms with E-state index in [9.17, 15) is 14.7 Å². The van der Waals surface area contributed by atoms with E-state index in [0.717, 1.165) is 4.90 Å². The number of hydrogen-bond acceptors (Lipinski definition) is 6. The average Bonchev–Trinajstić information content (AvgIpc) is 3.13. The number of Topliss-reactive ketones (excluding diaryl/α,β-unsaturated/α-hetero) is 1. The standard InChI is InChI=1S/C26H21ClFNO6/c1-33-15-8-6-7-14(11-15)29-23(16-9-4-5-10-19(16)28)22(25(31)26(29)32)24(30)17-12-21(35-3)18(27)13-20(17)34-2/h4-13,23,30H,1-3H3/b24-22+. The maximum Gasteiger partial charge on any atom is 0.300 e. The molecule has 1 N–H and O–H groups in total. The lowest BCUT2D eigenvalue weighted by molar-refractivity contribution is -0.132. The van der Waals surface area contributed by atoms with Crippen molar-refractivity contribution in [1.82, 2.24) is 0 Å². The zero-order valence-electron chi connectivity index (χ0n) is 19.0. The van der Waals surface area contributed by atoms with Gasteiger partial charge in [-0.2, -0.15) is 0 Å². The Bertz CT molecular complexity index is 1360. The van der Waals surface area contributed by atoms with Gasteiger partial charge in [0.25, 0.3) is 11.7 Å². The minimum absolute atomic E-state index is 0.0240. The van der Waals surface area contributed by atoms with Gasteiger partial charge in [0.05, 0.1) is 43.5 Å². The van der Waals surface area contributed by atoms with Crippen LogP contribution in [-0.2, 0) is 9.59 Å². The Hall–Kier alpha value is -4.04. The molecule has 0 radical (unpaired) electrons.